The van der Waals surface area contributed by atoms with Crippen molar-refractivity contribution < 1.29 is 4.74 Å². The predicted octanol–water partition coefficient (Wildman–Crippen LogP) is 3.54. The molecule has 19 heavy (non-hydrogen) atoms. The lowest BCUT2D eigenvalue weighted by Crippen LogP contribution is -2.42. The maximum atomic E-state index is 6.57. The Morgan fingerprint density at radius 1 is 1.00 bits per heavy atom. The molecule has 1 fully saturated rings. The van der Waals surface area contributed by atoms with Crippen molar-refractivity contribution in [1.82, 2.24) is 0 Å². The van der Waals surface area contributed by atoms with E-state index in [1.165, 1.54) is 44.1 Å². The molecular formula is C17H25NO. The molecule has 1 aliphatic carbocycles. The normalized spacial score (nSPS) is 26.1. The lowest BCUT2D eigenvalue weighted by atomic mass is 9.80. The third-order valence-corrected chi connectivity index (χ3v) is 4.90. The van der Waals surface area contributed by atoms with E-state index in [4.69, 9.17) is 10.5 Å². The summed E-state index contributed by atoms with van der Waals surface area (Å²) >= 11 is 0. The minimum Gasteiger partial charge on any atom is -0.493 e. The highest BCUT2D eigenvalue weighted by molar-refractivity contribution is 5.35. The van der Waals surface area contributed by atoms with Crippen LogP contribution >= 0.6 is 0 Å². The first kappa shape index (κ1) is 13.0. The van der Waals surface area contributed by atoms with Crippen LogP contribution in [0.4, 0.5) is 0 Å². The average Bonchev–Trinajstić information content (AvgIpc) is 2.75. The van der Waals surface area contributed by atoms with Gasteiger partial charge in [0.25, 0.3) is 0 Å². The molecule has 1 saturated carbocycles. The largest absolute Gasteiger partial charge is 0.493 e. The Morgan fingerprint density at radius 2 is 1.74 bits per heavy atom. The Balaban J connectivity index is 1.66. The Morgan fingerprint density at radius 3 is 2.53 bits per heavy atom. The van der Waals surface area contributed by atoms with Crippen molar-refractivity contribution in [3.8, 4) is 5.75 Å². The van der Waals surface area contributed by atoms with Crippen LogP contribution in [0.25, 0.3) is 0 Å². The molecule has 2 heteroatoms. The fraction of sp³-hybridized carbons (Fsp3) is 0.647. The van der Waals surface area contributed by atoms with Gasteiger partial charge < -0.3 is 10.5 Å². The molecule has 104 valence electrons. The first-order valence-electron chi connectivity index (χ1n) is 7.81. The predicted molar refractivity (Wildman–Crippen MR) is 78.3 cm³/mol. The van der Waals surface area contributed by atoms with Crippen molar-refractivity contribution in [2.75, 3.05) is 6.61 Å². The number of fused-ring (bicyclic) bond motifs is 1. The zero-order chi connectivity index (χ0) is 13.1. The maximum Gasteiger partial charge on any atom is 0.122 e. The summed E-state index contributed by atoms with van der Waals surface area (Å²) in [5, 5.41) is 0. The summed E-state index contributed by atoms with van der Waals surface area (Å²) in [5.74, 6) is 2.27. The topological polar surface area (TPSA) is 35.2 Å². The molecule has 0 spiro atoms. The number of nitrogens with two attached hydrogens (primary N) is 1. The van der Waals surface area contributed by atoms with E-state index in [0.717, 1.165) is 18.8 Å². The van der Waals surface area contributed by atoms with E-state index < -0.39 is 0 Å². The molecular weight excluding hydrogens is 234 g/mol. The maximum absolute atomic E-state index is 6.57. The average molecular weight is 259 g/mol. The Bertz CT molecular complexity index is 409. The van der Waals surface area contributed by atoms with Crippen LogP contribution < -0.4 is 10.5 Å². The number of para-hydroxylation sites is 1. The van der Waals surface area contributed by atoms with Crippen molar-refractivity contribution in [3.05, 3.63) is 29.8 Å². The number of hydrogen-bond donors (Lipinski definition) is 1. The van der Waals surface area contributed by atoms with Crippen LogP contribution in [0.5, 0.6) is 5.75 Å². The summed E-state index contributed by atoms with van der Waals surface area (Å²) in [6.45, 7) is 0.800. The molecule has 2 atom stereocenters. The van der Waals surface area contributed by atoms with Gasteiger partial charge in [-0.2, -0.15) is 0 Å². The standard InChI is InChI=1S/C17H25NO/c18-17(13-7-3-1-2-4-8-13)15-11-14-9-5-6-10-16(14)19-12-15/h5-6,9-10,13,15,17H,1-4,7-8,11-12,18H2. The van der Waals surface area contributed by atoms with Crippen LogP contribution in [0.3, 0.4) is 0 Å². The van der Waals surface area contributed by atoms with Crippen molar-refractivity contribution in [2.45, 2.75) is 51.0 Å². The Kier molecular flexibility index (Phi) is 4.07. The quantitative estimate of drug-likeness (QED) is 0.825. The van der Waals surface area contributed by atoms with Crippen molar-refractivity contribution in [1.29, 1.82) is 0 Å². The zero-order valence-corrected chi connectivity index (χ0v) is 11.7. The van der Waals surface area contributed by atoms with E-state index in [-0.39, 0.29) is 0 Å². The van der Waals surface area contributed by atoms with E-state index >= 15 is 0 Å². The second-order valence-electron chi connectivity index (χ2n) is 6.21. The highest BCUT2D eigenvalue weighted by atomic mass is 16.5. The number of benzene rings is 1. The fourth-order valence-electron chi connectivity index (χ4n) is 3.68. The van der Waals surface area contributed by atoms with Crippen molar-refractivity contribution in [3.63, 3.8) is 0 Å². The van der Waals surface area contributed by atoms with Gasteiger partial charge in [0.15, 0.2) is 0 Å². The molecule has 1 aromatic carbocycles. The molecule has 0 saturated heterocycles. The Hall–Kier alpha value is -1.02. The summed E-state index contributed by atoms with van der Waals surface area (Å²) in [6, 6.07) is 8.71. The van der Waals surface area contributed by atoms with E-state index in [9.17, 15) is 0 Å². The second-order valence-corrected chi connectivity index (χ2v) is 6.21. The zero-order valence-electron chi connectivity index (χ0n) is 11.7. The van der Waals surface area contributed by atoms with Crippen LogP contribution in [0.15, 0.2) is 24.3 Å². The molecule has 2 unspecified atom stereocenters. The number of ether oxygens (including phenoxy) is 1. The van der Waals surface area contributed by atoms with Crippen LogP contribution in [0.2, 0.25) is 0 Å². The highest BCUT2D eigenvalue weighted by Gasteiger charge is 2.30. The first-order chi connectivity index (χ1) is 9.34. The summed E-state index contributed by atoms with van der Waals surface area (Å²) < 4.78 is 5.90. The molecule has 0 radical (unpaired) electrons. The van der Waals surface area contributed by atoms with Gasteiger partial charge in [-0.1, -0.05) is 43.9 Å². The molecule has 1 aromatic rings. The number of rotatable bonds is 2. The van der Waals surface area contributed by atoms with E-state index in [2.05, 4.69) is 18.2 Å². The van der Waals surface area contributed by atoms with Crippen LogP contribution in [0.1, 0.15) is 44.1 Å². The highest BCUT2D eigenvalue weighted by Crippen LogP contribution is 2.33. The molecule has 0 bridgehead atoms. The lowest BCUT2D eigenvalue weighted by molar-refractivity contribution is 0.166. The summed E-state index contributed by atoms with van der Waals surface area (Å²) in [4.78, 5) is 0. The minimum atomic E-state index is 0.312. The van der Waals surface area contributed by atoms with Gasteiger partial charge in [-0.25, -0.2) is 0 Å². The summed E-state index contributed by atoms with van der Waals surface area (Å²) in [7, 11) is 0. The SMILES string of the molecule is NC(C1CCCCCC1)C1COc2ccccc2C1. The lowest BCUT2D eigenvalue weighted by Gasteiger charge is -2.33. The molecule has 1 aliphatic heterocycles. The monoisotopic (exact) mass is 259 g/mol. The van der Waals surface area contributed by atoms with E-state index in [1.807, 2.05) is 6.07 Å². The second kappa shape index (κ2) is 5.96. The molecule has 0 amide bonds. The molecule has 3 rings (SSSR count). The van der Waals surface area contributed by atoms with Gasteiger partial charge in [-0.3, -0.25) is 0 Å². The van der Waals surface area contributed by atoms with Crippen LogP contribution in [-0.2, 0) is 6.42 Å². The van der Waals surface area contributed by atoms with Gasteiger partial charge in [-0.05, 0) is 36.8 Å². The molecule has 2 nitrogen and oxygen atoms in total. The molecule has 2 aliphatic rings. The van der Waals surface area contributed by atoms with E-state index in [0.29, 0.717) is 17.9 Å². The fourth-order valence-corrected chi connectivity index (χ4v) is 3.68. The van der Waals surface area contributed by atoms with E-state index in [1.54, 1.807) is 0 Å². The van der Waals surface area contributed by atoms with Gasteiger partial charge in [0.1, 0.15) is 5.75 Å². The first-order valence-corrected chi connectivity index (χ1v) is 7.81. The molecule has 0 aromatic heterocycles. The minimum absolute atomic E-state index is 0.312. The van der Waals surface area contributed by atoms with Crippen LogP contribution in [0, 0.1) is 11.8 Å². The van der Waals surface area contributed by atoms with Gasteiger partial charge in [0.05, 0.1) is 6.61 Å². The Labute approximate surface area is 116 Å². The third-order valence-electron chi connectivity index (χ3n) is 4.90. The van der Waals surface area contributed by atoms with Gasteiger partial charge in [-0.15, -0.1) is 0 Å². The van der Waals surface area contributed by atoms with Crippen LogP contribution in [-0.4, -0.2) is 12.6 Å². The third kappa shape index (κ3) is 2.94. The van der Waals surface area contributed by atoms with Crippen molar-refractivity contribution >= 4 is 0 Å². The van der Waals surface area contributed by atoms with Gasteiger partial charge >= 0.3 is 0 Å². The molecule has 1 heterocycles. The summed E-state index contributed by atoms with van der Waals surface area (Å²) in [6.07, 6.45) is 9.25. The smallest absolute Gasteiger partial charge is 0.122 e. The van der Waals surface area contributed by atoms with Gasteiger partial charge in [0, 0.05) is 12.0 Å². The molecule has 2 N–H and O–H groups in total. The summed E-state index contributed by atoms with van der Waals surface area (Å²) in [5.41, 5.74) is 7.91. The number of hydrogen-bond acceptors (Lipinski definition) is 2. The van der Waals surface area contributed by atoms with Gasteiger partial charge in [0.2, 0.25) is 0 Å². The van der Waals surface area contributed by atoms with Crippen molar-refractivity contribution in [2.24, 2.45) is 17.6 Å².